The standard InChI is InChI=1S/C22H31N5O3S/c1-30-11-9-23-22(31)25-16-12-19-21(29)24-13-17(27(19)14-16)6-7-20(28)26-10-8-15-4-2-3-5-18(15)26/h2-5,16-17,19H,6-14H2,1H3,(H,24,29)(H2,23,25,31)/t16-,17-,19+/m1/s1. The molecule has 168 valence electrons. The SMILES string of the molecule is COCCNC(=S)N[C@@H]1C[C@H]2C(=O)NC[C@@H](CCC(=O)N3CCc4ccccc43)N2C1. The van der Waals surface area contributed by atoms with Crippen LogP contribution in [0.4, 0.5) is 5.69 Å². The lowest BCUT2D eigenvalue weighted by Crippen LogP contribution is -2.58. The smallest absolute Gasteiger partial charge is 0.237 e. The molecule has 0 spiro atoms. The summed E-state index contributed by atoms with van der Waals surface area (Å²) in [6.07, 6.45) is 2.84. The number of benzene rings is 1. The number of piperazine rings is 1. The molecule has 2 saturated heterocycles. The Morgan fingerprint density at radius 1 is 1.35 bits per heavy atom. The minimum Gasteiger partial charge on any atom is -0.383 e. The molecule has 3 heterocycles. The number of anilines is 1. The van der Waals surface area contributed by atoms with Gasteiger partial charge in [-0.2, -0.15) is 0 Å². The minimum absolute atomic E-state index is 0.0682. The predicted molar refractivity (Wildman–Crippen MR) is 123 cm³/mol. The summed E-state index contributed by atoms with van der Waals surface area (Å²) in [6, 6.07) is 8.23. The zero-order chi connectivity index (χ0) is 21.8. The number of hydrogen-bond acceptors (Lipinski definition) is 5. The summed E-state index contributed by atoms with van der Waals surface area (Å²) in [6.45, 7) is 3.32. The van der Waals surface area contributed by atoms with E-state index in [4.69, 9.17) is 17.0 Å². The average Bonchev–Trinajstić information content (AvgIpc) is 3.38. The van der Waals surface area contributed by atoms with Crippen LogP contribution in [-0.4, -0.2) is 79.8 Å². The lowest BCUT2D eigenvalue weighted by Gasteiger charge is -2.37. The predicted octanol–water partition coefficient (Wildman–Crippen LogP) is 0.408. The number of nitrogens with one attached hydrogen (secondary N) is 3. The van der Waals surface area contributed by atoms with Crippen LogP contribution in [0.25, 0.3) is 0 Å². The number of amides is 2. The second kappa shape index (κ2) is 9.93. The van der Waals surface area contributed by atoms with Crippen molar-refractivity contribution in [3.05, 3.63) is 29.8 Å². The van der Waals surface area contributed by atoms with Gasteiger partial charge in [0.05, 0.1) is 12.6 Å². The summed E-state index contributed by atoms with van der Waals surface area (Å²) in [7, 11) is 1.65. The molecule has 0 bridgehead atoms. The van der Waals surface area contributed by atoms with Crippen molar-refractivity contribution < 1.29 is 14.3 Å². The lowest BCUT2D eigenvalue weighted by molar-refractivity contribution is -0.129. The van der Waals surface area contributed by atoms with E-state index in [-0.39, 0.29) is 29.9 Å². The van der Waals surface area contributed by atoms with E-state index in [2.05, 4.69) is 26.9 Å². The van der Waals surface area contributed by atoms with Gasteiger partial charge >= 0.3 is 0 Å². The number of ether oxygens (including phenoxy) is 1. The fourth-order valence-corrected chi connectivity index (χ4v) is 5.14. The van der Waals surface area contributed by atoms with Crippen molar-refractivity contribution in [1.29, 1.82) is 0 Å². The topological polar surface area (TPSA) is 85.9 Å². The van der Waals surface area contributed by atoms with Crippen LogP contribution in [0.15, 0.2) is 24.3 Å². The van der Waals surface area contributed by atoms with Gasteiger partial charge in [0.25, 0.3) is 0 Å². The van der Waals surface area contributed by atoms with Crippen molar-refractivity contribution in [2.75, 3.05) is 44.8 Å². The molecule has 31 heavy (non-hydrogen) atoms. The van der Waals surface area contributed by atoms with Crippen LogP contribution < -0.4 is 20.9 Å². The van der Waals surface area contributed by atoms with Crippen molar-refractivity contribution in [2.45, 2.75) is 43.8 Å². The van der Waals surface area contributed by atoms with E-state index in [1.807, 2.05) is 23.1 Å². The van der Waals surface area contributed by atoms with Crippen molar-refractivity contribution >= 4 is 34.8 Å². The van der Waals surface area contributed by atoms with E-state index in [1.54, 1.807) is 7.11 Å². The number of thiocarbonyl (C=S) groups is 1. The number of methoxy groups -OCH3 is 1. The van der Waals surface area contributed by atoms with Gasteiger partial charge in [0.2, 0.25) is 11.8 Å². The Balaban J connectivity index is 1.31. The largest absolute Gasteiger partial charge is 0.383 e. The normalized spacial score (nSPS) is 25.0. The Morgan fingerprint density at radius 2 is 2.19 bits per heavy atom. The fraction of sp³-hybridized carbons (Fsp3) is 0.591. The highest BCUT2D eigenvalue weighted by Gasteiger charge is 2.43. The van der Waals surface area contributed by atoms with Crippen LogP contribution in [0.3, 0.4) is 0 Å². The Labute approximate surface area is 188 Å². The van der Waals surface area contributed by atoms with Crippen LogP contribution in [0, 0.1) is 0 Å². The molecule has 3 aliphatic rings. The fourth-order valence-electron chi connectivity index (χ4n) is 4.87. The molecule has 2 amide bonds. The van der Waals surface area contributed by atoms with Crippen LogP contribution in [0.2, 0.25) is 0 Å². The molecule has 3 N–H and O–H groups in total. The van der Waals surface area contributed by atoms with Gasteiger partial charge in [-0.3, -0.25) is 14.5 Å². The molecule has 1 aromatic rings. The summed E-state index contributed by atoms with van der Waals surface area (Å²) in [4.78, 5) is 29.5. The Morgan fingerprint density at radius 3 is 3.03 bits per heavy atom. The van der Waals surface area contributed by atoms with Crippen molar-refractivity contribution in [1.82, 2.24) is 20.9 Å². The van der Waals surface area contributed by atoms with Crippen molar-refractivity contribution in [2.24, 2.45) is 0 Å². The highest BCUT2D eigenvalue weighted by atomic mass is 32.1. The first kappa shape index (κ1) is 22.0. The molecule has 9 heteroatoms. The second-order valence-corrected chi connectivity index (χ2v) is 8.81. The minimum atomic E-state index is -0.166. The number of carbonyl (C=O) groups is 2. The zero-order valence-corrected chi connectivity index (χ0v) is 18.7. The maximum atomic E-state index is 12.9. The van der Waals surface area contributed by atoms with Gasteiger partial charge in [0.1, 0.15) is 0 Å². The van der Waals surface area contributed by atoms with E-state index in [1.165, 1.54) is 5.56 Å². The molecule has 3 atom stereocenters. The third-order valence-corrected chi connectivity index (χ3v) is 6.69. The Kier molecular flexibility index (Phi) is 7.04. The van der Waals surface area contributed by atoms with Gasteiger partial charge < -0.3 is 25.6 Å². The van der Waals surface area contributed by atoms with E-state index in [0.29, 0.717) is 37.7 Å². The van der Waals surface area contributed by atoms with E-state index < -0.39 is 0 Å². The molecule has 0 aromatic heterocycles. The van der Waals surface area contributed by atoms with Crippen LogP contribution in [0.5, 0.6) is 0 Å². The van der Waals surface area contributed by atoms with E-state index in [0.717, 1.165) is 31.6 Å². The maximum absolute atomic E-state index is 12.9. The quantitative estimate of drug-likeness (QED) is 0.414. The monoisotopic (exact) mass is 445 g/mol. The summed E-state index contributed by atoms with van der Waals surface area (Å²) in [5.41, 5.74) is 2.28. The summed E-state index contributed by atoms with van der Waals surface area (Å²) in [5, 5.41) is 10.1. The number of nitrogens with zero attached hydrogens (tertiary/aromatic N) is 2. The number of fused-ring (bicyclic) bond motifs is 2. The van der Waals surface area contributed by atoms with Crippen molar-refractivity contribution in [3.8, 4) is 0 Å². The highest BCUT2D eigenvalue weighted by molar-refractivity contribution is 7.80. The molecule has 3 aliphatic heterocycles. The molecular formula is C22H31N5O3S. The third kappa shape index (κ3) is 4.99. The number of hydrogen-bond donors (Lipinski definition) is 3. The second-order valence-electron chi connectivity index (χ2n) is 8.40. The number of rotatable bonds is 7. The molecule has 4 rings (SSSR count). The van der Waals surface area contributed by atoms with Gasteiger partial charge in [-0.1, -0.05) is 18.2 Å². The Bertz CT molecular complexity index is 835. The maximum Gasteiger partial charge on any atom is 0.237 e. The molecule has 0 radical (unpaired) electrons. The average molecular weight is 446 g/mol. The first-order chi connectivity index (χ1) is 15.1. The first-order valence-electron chi connectivity index (χ1n) is 11.0. The van der Waals surface area contributed by atoms with Crippen molar-refractivity contribution in [3.63, 3.8) is 0 Å². The Hall–Kier alpha value is -2.23. The van der Waals surface area contributed by atoms with Crippen LogP contribution >= 0.6 is 12.2 Å². The van der Waals surface area contributed by atoms with Gasteiger partial charge in [0, 0.05) is 57.5 Å². The van der Waals surface area contributed by atoms with Crippen LogP contribution in [-0.2, 0) is 20.7 Å². The van der Waals surface area contributed by atoms with Gasteiger partial charge in [-0.25, -0.2) is 0 Å². The number of para-hydroxylation sites is 1. The van der Waals surface area contributed by atoms with Crippen LogP contribution in [0.1, 0.15) is 24.8 Å². The molecule has 0 aliphatic carbocycles. The van der Waals surface area contributed by atoms with Gasteiger partial charge in [-0.15, -0.1) is 0 Å². The van der Waals surface area contributed by atoms with E-state index in [9.17, 15) is 9.59 Å². The van der Waals surface area contributed by atoms with Gasteiger partial charge in [-0.05, 0) is 43.1 Å². The third-order valence-electron chi connectivity index (χ3n) is 6.43. The molecule has 8 nitrogen and oxygen atoms in total. The summed E-state index contributed by atoms with van der Waals surface area (Å²) >= 11 is 5.36. The first-order valence-corrected chi connectivity index (χ1v) is 11.4. The van der Waals surface area contributed by atoms with E-state index >= 15 is 0 Å². The lowest BCUT2D eigenvalue weighted by atomic mass is 10.0. The molecule has 2 fully saturated rings. The molecule has 1 aromatic carbocycles. The highest BCUT2D eigenvalue weighted by Crippen LogP contribution is 2.29. The molecular weight excluding hydrogens is 414 g/mol. The molecule has 0 saturated carbocycles. The molecule has 0 unspecified atom stereocenters. The number of carbonyl (C=O) groups excluding carboxylic acids is 2. The zero-order valence-electron chi connectivity index (χ0n) is 17.9. The van der Waals surface area contributed by atoms with Gasteiger partial charge in [0.15, 0.2) is 5.11 Å². The summed E-state index contributed by atoms with van der Waals surface area (Å²) in [5.74, 6) is 0.231. The summed E-state index contributed by atoms with van der Waals surface area (Å²) < 4.78 is 5.03.